The van der Waals surface area contributed by atoms with E-state index in [1.165, 1.54) is 57.8 Å². The van der Waals surface area contributed by atoms with Gasteiger partial charge < -0.3 is 0 Å². The molecule has 0 heterocycles. The monoisotopic (exact) mass is 302 g/mol. The highest BCUT2D eigenvalue weighted by Gasteiger charge is 2.57. The maximum absolute atomic E-state index is 12.1. The minimum absolute atomic E-state index is 0.349. The van der Waals surface area contributed by atoms with Gasteiger partial charge in [0.15, 0.2) is 0 Å². The molecule has 4 rings (SSSR count). The zero-order valence-electron chi connectivity index (χ0n) is 14.8. The zero-order valence-corrected chi connectivity index (χ0v) is 14.8. The number of hydrogen-bond donors (Lipinski definition) is 0. The summed E-state index contributed by atoms with van der Waals surface area (Å²) in [4.78, 5) is 12.1. The van der Waals surface area contributed by atoms with Gasteiger partial charge in [-0.2, -0.15) is 0 Å². The highest BCUT2D eigenvalue weighted by Crippen LogP contribution is 2.64. The highest BCUT2D eigenvalue weighted by atomic mass is 16.1. The smallest absolute Gasteiger partial charge is 0.133 e. The van der Waals surface area contributed by atoms with Crippen LogP contribution in [0, 0.1) is 46.8 Å². The van der Waals surface area contributed by atoms with E-state index in [4.69, 9.17) is 0 Å². The van der Waals surface area contributed by atoms with Crippen molar-refractivity contribution in [3.8, 4) is 0 Å². The molecule has 0 aromatic rings. The number of rotatable bonds is 1. The summed E-state index contributed by atoms with van der Waals surface area (Å²) in [5.74, 6) is 6.73. The topological polar surface area (TPSA) is 17.1 Å². The summed E-state index contributed by atoms with van der Waals surface area (Å²) < 4.78 is 0. The van der Waals surface area contributed by atoms with Crippen LogP contribution in [0.15, 0.2) is 0 Å². The molecule has 4 aliphatic rings. The Balaban J connectivity index is 1.56. The van der Waals surface area contributed by atoms with Gasteiger partial charge in [-0.05, 0) is 99.2 Å². The van der Waals surface area contributed by atoms with Crippen molar-refractivity contribution in [1.82, 2.24) is 0 Å². The van der Waals surface area contributed by atoms with E-state index >= 15 is 0 Å². The SMILES string of the molecule is CC(=O)[C@H]1CC[C@H]2[C@@H]3CCC4CC(C)CC[C@@H]4[C@H]3CC[C@]12C. The molecule has 2 unspecified atom stereocenters. The van der Waals surface area contributed by atoms with E-state index < -0.39 is 0 Å². The van der Waals surface area contributed by atoms with E-state index in [0.717, 1.165) is 35.5 Å². The fraction of sp³-hybridized carbons (Fsp3) is 0.952. The summed E-state index contributed by atoms with van der Waals surface area (Å²) >= 11 is 0. The molecule has 0 aliphatic heterocycles. The summed E-state index contributed by atoms with van der Waals surface area (Å²) in [5.41, 5.74) is 0.349. The van der Waals surface area contributed by atoms with Gasteiger partial charge >= 0.3 is 0 Å². The lowest BCUT2D eigenvalue weighted by atomic mass is 9.49. The molecule has 1 heteroatoms. The molecule has 1 nitrogen and oxygen atoms in total. The Bertz CT molecular complexity index is 455. The Morgan fingerprint density at radius 3 is 2.45 bits per heavy atom. The quantitative estimate of drug-likeness (QED) is 0.627. The Morgan fingerprint density at radius 1 is 0.909 bits per heavy atom. The first-order chi connectivity index (χ1) is 10.5. The van der Waals surface area contributed by atoms with Crippen molar-refractivity contribution in [1.29, 1.82) is 0 Å². The lowest BCUT2D eigenvalue weighted by Crippen LogP contribution is -2.49. The largest absolute Gasteiger partial charge is 0.300 e. The minimum Gasteiger partial charge on any atom is -0.300 e. The van der Waals surface area contributed by atoms with Crippen LogP contribution in [0.3, 0.4) is 0 Å². The fourth-order valence-corrected chi connectivity index (χ4v) is 7.76. The molecule has 124 valence electrons. The molecule has 0 N–H and O–H groups in total. The lowest BCUT2D eigenvalue weighted by molar-refractivity contribution is -0.128. The molecule has 0 radical (unpaired) electrons. The number of ketones is 1. The Labute approximate surface area is 136 Å². The van der Waals surface area contributed by atoms with Gasteiger partial charge in [0, 0.05) is 5.92 Å². The molecular formula is C21H34O. The second-order valence-electron chi connectivity index (χ2n) is 9.64. The standard InChI is InChI=1S/C21H34O/c1-13-4-6-16-15(12-13)5-7-18-17(16)10-11-21(3)19(14(2)22)8-9-20(18)21/h13,15-20H,4-12H2,1-3H3/t13?,15?,16-,17+,18+,19+,20-,21+/m0/s1. The number of carbonyl (C=O) groups is 1. The average molecular weight is 303 g/mol. The molecule has 0 spiro atoms. The molecule has 0 saturated heterocycles. The van der Waals surface area contributed by atoms with Crippen LogP contribution < -0.4 is 0 Å². The third-order valence-corrected chi connectivity index (χ3v) is 8.71. The first-order valence-corrected chi connectivity index (χ1v) is 10.0. The first kappa shape index (κ1) is 15.2. The van der Waals surface area contributed by atoms with E-state index in [2.05, 4.69) is 13.8 Å². The molecule has 22 heavy (non-hydrogen) atoms. The predicted molar refractivity (Wildman–Crippen MR) is 90.4 cm³/mol. The van der Waals surface area contributed by atoms with Crippen LogP contribution >= 0.6 is 0 Å². The van der Waals surface area contributed by atoms with E-state index in [9.17, 15) is 4.79 Å². The Kier molecular flexibility index (Phi) is 3.70. The Morgan fingerprint density at radius 2 is 1.68 bits per heavy atom. The van der Waals surface area contributed by atoms with Crippen molar-refractivity contribution in [2.75, 3.05) is 0 Å². The highest BCUT2D eigenvalue weighted by molar-refractivity contribution is 5.79. The first-order valence-electron chi connectivity index (χ1n) is 10.0. The maximum atomic E-state index is 12.1. The minimum atomic E-state index is 0.349. The second kappa shape index (κ2) is 5.35. The van der Waals surface area contributed by atoms with Crippen molar-refractivity contribution in [2.45, 2.75) is 78.6 Å². The molecule has 4 aliphatic carbocycles. The number of carbonyl (C=O) groups excluding carboxylic acids is 1. The van der Waals surface area contributed by atoms with Crippen molar-refractivity contribution >= 4 is 5.78 Å². The van der Waals surface area contributed by atoms with Gasteiger partial charge in [0.05, 0.1) is 0 Å². The number of hydrogen-bond acceptors (Lipinski definition) is 1. The van der Waals surface area contributed by atoms with Crippen LogP contribution in [0.5, 0.6) is 0 Å². The molecule has 0 aromatic carbocycles. The summed E-state index contributed by atoms with van der Waals surface area (Å²) in [6.07, 6.45) is 12.7. The van der Waals surface area contributed by atoms with Crippen molar-refractivity contribution in [2.24, 2.45) is 46.8 Å². The van der Waals surface area contributed by atoms with Gasteiger partial charge in [0.1, 0.15) is 5.78 Å². The van der Waals surface area contributed by atoms with Crippen molar-refractivity contribution in [3.05, 3.63) is 0 Å². The molecule has 0 bridgehead atoms. The lowest BCUT2D eigenvalue weighted by Gasteiger charge is -2.56. The van der Waals surface area contributed by atoms with Gasteiger partial charge in [-0.15, -0.1) is 0 Å². The van der Waals surface area contributed by atoms with Crippen molar-refractivity contribution < 1.29 is 4.79 Å². The second-order valence-corrected chi connectivity index (χ2v) is 9.64. The Hall–Kier alpha value is -0.330. The van der Waals surface area contributed by atoms with Crippen LogP contribution in [0.1, 0.15) is 78.6 Å². The average Bonchev–Trinajstić information content (AvgIpc) is 2.84. The van der Waals surface area contributed by atoms with Crippen LogP contribution in [0.2, 0.25) is 0 Å². The van der Waals surface area contributed by atoms with Gasteiger partial charge in [0.25, 0.3) is 0 Å². The predicted octanol–water partition coefficient (Wildman–Crippen LogP) is 5.48. The van der Waals surface area contributed by atoms with Crippen LogP contribution in [0.25, 0.3) is 0 Å². The van der Waals surface area contributed by atoms with E-state index in [-0.39, 0.29) is 0 Å². The van der Waals surface area contributed by atoms with Gasteiger partial charge in [-0.3, -0.25) is 4.79 Å². The van der Waals surface area contributed by atoms with E-state index in [1.54, 1.807) is 0 Å². The molecular weight excluding hydrogens is 268 g/mol. The van der Waals surface area contributed by atoms with Gasteiger partial charge in [-0.25, -0.2) is 0 Å². The molecule has 4 fully saturated rings. The number of fused-ring (bicyclic) bond motifs is 5. The molecule has 0 aromatic heterocycles. The molecule has 4 saturated carbocycles. The maximum Gasteiger partial charge on any atom is 0.133 e. The van der Waals surface area contributed by atoms with Crippen LogP contribution in [0.4, 0.5) is 0 Å². The number of Topliss-reactive ketones (excluding diaryl/α,β-unsaturated/α-hetero) is 1. The summed E-state index contributed by atoms with van der Waals surface area (Å²) in [7, 11) is 0. The van der Waals surface area contributed by atoms with Gasteiger partial charge in [-0.1, -0.05) is 20.3 Å². The zero-order chi connectivity index (χ0) is 15.5. The summed E-state index contributed by atoms with van der Waals surface area (Å²) in [5, 5.41) is 0. The summed E-state index contributed by atoms with van der Waals surface area (Å²) in [6.45, 7) is 6.79. The van der Waals surface area contributed by atoms with Crippen molar-refractivity contribution in [3.63, 3.8) is 0 Å². The fourth-order valence-electron chi connectivity index (χ4n) is 7.76. The van der Waals surface area contributed by atoms with Crippen LogP contribution in [-0.2, 0) is 4.79 Å². The van der Waals surface area contributed by atoms with E-state index in [0.29, 0.717) is 17.1 Å². The van der Waals surface area contributed by atoms with Crippen LogP contribution in [-0.4, -0.2) is 5.78 Å². The molecule has 0 amide bonds. The third-order valence-electron chi connectivity index (χ3n) is 8.71. The molecule has 8 atom stereocenters. The summed E-state index contributed by atoms with van der Waals surface area (Å²) in [6, 6.07) is 0. The normalized spacial score (nSPS) is 54.2. The van der Waals surface area contributed by atoms with E-state index in [1.807, 2.05) is 6.92 Å². The van der Waals surface area contributed by atoms with Gasteiger partial charge in [0.2, 0.25) is 0 Å². The third kappa shape index (κ3) is 2.13.